The van der Waals surface area contributed by atoms with E-state index in [0.717, 1.165) is 11.8 Å². The lowest BCUT2D eigenvalue weighted by Crippen LogP contribution is -2.51. The van der Waals surface area contributed by atoms with Gasteiger partial charge in [-0.1, -0.05) is 12.8 Å². The van der Waals surface area contributed by atoms with Gasteiger partial charge >= 0.3 is 0 Å². The third kappa shape index (κ3) is 1.70. The van der Waals surface area contributed by atoms with Gasteiger partial charge in [0.1, 0.15) is 0 Å². The predicted octanol–water partition coefficient (Wildman–Crippen LogP) is 2.12. The van der Waals surface area contributed by atoms with Crippen LogP contribution in [0.15, 0.2) is 0 Å². The van der Waals surface area contributed by atoms with Gasteiger partial charge in [-0.2, -0.15) is 0 Å². The van der Waals surface area contributed by atoms with Gasteiger partial charge in [0, 0.05) is 26.2 Å². The van der Waals surface area contributed by atoms with Crippen LogP contribution in [-0.2, 0) is 0 Å². The molecule has 0 aliphatic carbocycles. The van der Waals surface area contributed by atoms with Crippen LogP contribution in [0, 0.1) is 11.8 Å². The van der Waals surface area contributed by atoms with Crippen LogP contribution in [0.3, 0.4) is 0 Å². The van der Waals surface area contributed by atoms with Gasteiger partial charge < -0.3 is 0 Å². The van der Waals surface area contributed by atoms with E-state index < -0.39 is 0 Å². The number of hydrazine groups is 1. The van der Waals surface area contributed by atoms with E-state index in [1.807, 2.05) is 0 Å². The lowest BCUT2D eigenvalue weighted by molar-refractivity contribution is -0.0790. The molecule has 2 nitrogen and oxygen atoms in total. The van der Waals surface area contributed by atoms with Crippen molar-refractivity contribution in [3.8, 4) is 0 Å². The lowest BCUT2D eigenvalue weighted by atomic mass is 9.84. The second kappa shape index (κ2) is 3.82. The van der Waals surface area contributed by atoms with Crippen LogP contribution in [0.1, 0.15) is 38.5 Å². The Bertz CT molecular complexity index is 166. The van der Waals surface area contributed by atoms with E-state index >= 15 is 0 Å². The molecule has 6 rings (SSSR count). The molecule has 14 heavy (non-hydrogen) atoms. The summed E-state index contributed by atoms with van der Waals surface area (Å²) >= 11 is 0. The van der Waals surface area contributed by atoms with Crippen LogP contribution < -0.4 is 0 Å². The molecule has 0 aromatic heterocycles. The Hall–Kier alpha value is -0.0800. The van der Waals surface area contributed by atoms with Crippen molar-refractivity contribution in [1.29, 1.82) is 0 Å². The fourth-order valence-electron chi connectivity index (χ4n) is 3.45. The molecule has 0 N–H and O–H groups in total. The maximum Gasteiger partial charge on any atom is 0.0136 e. The summed E-state index contributed by atoms with van der Waals surface area (Å²) in [5, 5.41) is 5.27. The second-order valence-corrected chi connectivity index (χ2v) is 5.37. The zero-order valence-electron chi connectivity index (χ0n) is 9.12. The highest BCUT2D eigenvalue weighted by Gasteiger charge is 2.29. The molecule has 0 radical (unpaired) electrons. The van der Waals surface area contributed by atoms with Crippen LogP contribution in [0.25, 0.3) is 0 Å². The zero-order valence-corrected chi connectivity index (χ0v) is 9.12. The van der Waals surface area contributed by atoms with Crippen molar-refractivity contribution in [2.24, 2.45) is 11.8 Å². The van der Waals surface area contributed by atoms with Gasteiger partial charge in [0.05, 0.1) is 0 Å². The molecular formula is C12H22N2. The Morgan fingerprint density at radius 1 is 0.500 bits per heavy atom. The first-order chi connectivity index (χ1) is 6.92. The molecule has 0 aromatic rings. The van der Waals surface area contributed by atoms with E-state index in [0.29, 0.717) is 0 Å². The third-order valence-electron chi connectivity index (χ3n) is 4.57. The first kappa shape index (κ1) is 9.17. The molecule has 0 spiro atoms. The van der Waals surface area contributed by atoms with Gasteiger partial charge in [0.25, 0.3) is 0 Å². The summed E-state index contributed by atoms with van der Waals surface area (Å²) in [5.74, 6) is 2.12. The minimum absolute atomic E-state index is 1.06. The third-order valence-corrected chi connectivity index (χ3v) is 4.57. The lowest BCUT2D eigenvalue weighted by Gasteiger charge is -2.45. The van der Waals surface area contributed by atoms with E-state index in [2.05, 4.69) is 10.0 Å². The van der Waals surface area contributed by atoms with Crippen molar-refractivity contribution in [2.75, 3.05) is 26.2 Å². The first-order valence-electron chi connectivity index (χ1n) is 6.41. The van der Waals surface area contributed by atoms with E-state index in [4.69, 9.17) is 0 Å². The molecule has 0 amide bonds. The van der Waals surface area contributed by atoms with Gasteiger partial charge in [-0.05, 0) is 37.5 Å². The molecule has 2 heteroatoms. The van der Waals surface area contributed by atoms with Crippen LogP contribution in [0.5, 0.6) is 0 Å². The van der Waals surface area contributed by atoms with Gasteiger partial charge in [0.2, 0.25) is 0 Å². The summed E-state index contributed by atoms with van der Waals surface area (Å²) in [7, 11) is 0. The Morgan fingerprint density at radius 3 is 1.21 bits per heavy atom. The van der Waals surface area contributed by atoms with Crippen LogP contribution in [0.4, 0.5) is 0 Å². The van der Waals surface area contributed by atoms with E-state index in [-0.39, 0.29) is 0 Å². The summed E-state index contributed by atoms with van der Waals surface area (Å²) in [6, 6.07) is 0. The highest BCUT2D eigenvalue weighted by atomic mass is 15.6. The Morgan fingerprint density at radius 2 is 0.857 bits per heavy atom. The summed E-state index contributed by atoms with van der Waals surface area (Å²) in [4.78, 5) is 0. The molecule has 0 unspecified atom stereocenters. The Labute approximate surface area is 87.2 Å². The molecule has 0 atom stereocenters. The molecule has 4 bridgehead atoms. The predicted molar refractivity (Wildman–Crippen MR) is 57.8 cm³/mol. The molecule has 6 aliphatic heterocycles. The minimum Gasteiger partial charge on any atom is -0.242 e. The molecule has 6 fully saturated rings. The smallest absolute Gasteiger partial charge is 0.0136 e. The number of piperidine rings is 2. The largest absolute Gasteiger partial charge is 0.242 e. The SMILES string of the molecule is C1CC2CCN(CC2)N2CCC1CC2. The first-order valence-corrected chi connectivity index (χ1v) is 6.41. The number of rotatable bonds is 0. The van der Waals surface area contributed by atoms with Crippen LogP contribution in [0.2, 0.25) is 0 Å². The van der Waals surface area contributed by atoms with Gasteiger partial charge in [-0.25, -0.2) is 10.0 Å². The average molecular weight is 194 g/mol. The fourth-order valence-corrected chi connectivity index (χ4v) is 3.45. The van der Waals surface area contributed by atoms with E-state index in [1.54, 1.807) is 0 Å². The van der Waals surface area contributed by atoms with E-state index in [1.165, 1.54) is 64.7 Å². The highest BCUT2D eigenvalue weighted by Crippen LogP contribution is 2.32. The highest BCUT2D eigenvalue weighted by molar-refractivity contribution is 4.79. The second-order valence-electron chi connectivity index (χ2n) is 5.37. The summed E-state index contributed by atoms with van der Waals surface area (Å²) < 4.78 is 0. The van der Waals surface area contributed by atoms with Crippen molar-refractivity contribution in [3.05, 3.63) is 0 Å². The number of hydrogen-bond donors (Lipinski definition) is 0. The number of hydrogen-bond acceptors (Lipinski definition) is 2. The van der Waals surface area contributed by atoms with Gasteiger partial charge in [-0.3, -0.25) is 0 Å². The topological polar surface area (TPSA) is 6.48 Å². The Kier molecular flexibility index (Phi) is 2.50. The van der Waals surface area contributed by atoms with Crippen molar-refractivity contribution in [3.63, 3.8) is 0 Å². The maximum atomic E-state index is 2.64. The standard InChI is InChI=1S/C12H22N2/c1-2-12-5-9-14(10-6-12)13-7-3-11(1)4-8-13/h11-12H,1-10H2. The molecular weight excluding hydrogens is 172 g/mol. The fraction of sp³-hybridized carbons (Fsp3) is 1.00. The van der Waals surface area contributed by atoms with Crippen molar-refractivity contribution in [1.82, 2.24) is 10.0 Å². The molecule has 6 aliphatic rings. The number of nitrogens with zero attached hydrogens (tertiary/aromatic N) is 2. The molecule has 6 heterocycles. The van der Waals surface area contributed by atoms with Crippen molar-refractivity contribution >= 4 is 0 Å². The van der Waals surface area contributed by atoms with Crippen molar-refractivity contribution < 1.29 is 0 Å². The summed E-state index contributed by atoms with van der Waals surface area (Å²) in [6.07, 6.45) is 8.90. The zero-order chi connectivity index (χ0) is 9.38. The quantitative estimate of drug-likeness (QED) is 0.583. The minimum atomic E-state index is 1.06. The summed E-state index contributed by atoms with van der Waals surface area (Å²) in [5.41, 5.74) is 0. The monoisotopic (exact) mass is 194 g/mol. The van der Waals surface area contributed by atoms with Crippen molar-refractivity contribution in [2.45, 2.75) is 38.5 Å². The van der Waals surface area contributed by atoms with Crippen LogP contribution in [-0.4, -0.2) is 36.2 Å². The molecule has 0 aromatic carbocycles. The molecule has 0 saturated carbocycles. The molecule has 6 saturated heterocycles. The van der Waals surface area contributed by atoms with Gasteiger partial charge in [0.15, 0.2) is 0 Å². The normalized spacial score (nSPS) is 48.0. The Balaban J connectivity index is 1.75. The maximum absolute atomic E-state index is 2.64. The summed E-state index contributed by atoms with van der Waals surface area (Å²) in [6.45, 7) is 5.37. The van der Waals surface area contributed by atoms with Crippen LogP contribution >= 0.6 is 0 Å². The molecule has 80 valence electrons. The van der Waals surface area contributed by atoms with E-state index in [9.17, 15) is 0 Å². The average Bonchev–Trinajstić information content (AvgIpc) is 2.30. The van der Waals surface area contributed by atoms with Gasteiger partial charge in [-0.15, -0.1) is 0 Å².